The van der Waals surface area contributed by atoms with E-state index in [-0.39, 0.29) is 10.9 Å². The number of nitrogens with one attached hydrogen (secondary N) is 2. The van der Waals surface area contributed by atoms with Crippen molar-refractivity contribution in [3.8, 4) is 0 Å². The van der Waals surface area contributed by atoms with Gasteiger partial charge in [0.1, 0.15) is 4.90 Å². The van der Waals surface area contributed by atoms with E-state index >= 15 is 0 Å². The standard InChI is InChI=1S/C13H22N2O3S2/c1-4-9-14-20(17,18)13-8-6-5-7-12(13)15-11(2)10-19(3)16/h5-8,11,14-15H,4,9-10H2,1-3H3. The van der Waals surface area contributed by atoms with Crippen LogP contribution in [-0.4, -0.2) is 37.2 Å². The summed E-state index contributed by atoms with van der Waals surface area (Å²) >= 11 is 0. The van der Waals surface area contributed by atoms with Gasteiger partial charge in [-0.25, -0.2) is 13.1 Å². The van der Waals surface area contributed by atoms with Crippen LogP contribution in [0.2, 0.25) is 0 Å². The minimum Gasteiger partial charge on any atom is -0.381 e. The van der Waals surface area contributed by atoms with E-state index in [1.165, 1.54) is 0 Å². The normalized spacial score (nSPS) is 14.8. The molecule has 0 saturated heterocycles. The molecule has 0 saturated carbocycles. The molecule has 2 atom stereocenters. The Labute approximate surface area is 123 Å². The Morgan fingerprint density at radius 3 is 2.55 bits per heavy atom. The second kappa shape index (κ2) is 7.75. The van der Waals surface area contributed by atoms with Crippen molar-refractivity contribution in [3.05, 3.63) is 24.3 Å². The highest BCUT2D eigenvalue weighted by Gasteiger charge is 2.18. The van der Waals surface area contributed by atoms with Crippen molar-refractivity contribution in [3.63, 3.8) is 0 Å². The Balaban J connectivity index is 2.96. The minimum absolute atomic E-state index is 0.0663. The second-order valence-corrected chi connectivity index (χ2v) is 7.89. The molecule has 2 unspecified atom stereocenters. The first kappa shape index (κ1) is 17.1. The molecule has 20 heavy (non-hydrogen) atoms. The summed E-state index contributed by atoms with van der Waals surface area (Å²) in [4.78, 5) is 0.224. The van der Waals surface area contributed by atoms with E-state index in [1.807, 2.05) is 13.8 Å². The zero-order valence-electron chi connectivity index (χ0n) is 12.0. The largest absolute Gasteiger partial charge is 0.381 e. The van der Waals surface area contributed by atoms with Crippen molar-refractivity contribution < 1.29 is 12.6 Å². The summed E-state index contributed by atoms with van der Waals surface area (Å²) in [6, 6.07) is 6.68. The fourth-order valence-corrected chi connectivity index (χ4v) is 3.88. The number of hydrogen-bond donors (Lipinski definition) is 2. The summed E-state index contributed by atoms with van der Waals surface area (Å²) in [6.07, 6.45) is 2.36. The molecule has 5 nitrogen and oxygen atoms in total. The number of para-hydroxylation sites is 1. The van der Waals surface area contributed by atoms with Gasteiger partial charge in [-0.2, -0.15) is 0 Å². The molecule has 114 valence electrons. The van der Waals surface area contributed by atoms with Gasteiger partial charge in [0.2, 0.25) is 10.0 Å². The van der Waals surface area contributed by atoms with E-state index in [1.54, 1.807) is 30.5 Å². The highest BCUT2D eigenvalue weighted by molar-refractivity contribution is 7.89. The molecular formula is C13H22N2O3S2. The first-order valence-electron chi connectivity index (χ1n) is 6.52. The van der Waals surface area contributed by atoms with Gasteiger partial charge in [0, 0.05) is 35.4 Å². The topological polar surface area (TPSA) is 75.3 Å². The summed E-state index contributed by atoms with van der Waals surface area (Å²) in [6.45, 7) is 4.20. The Bertz CT molecular complexity index is 558. The van der Waals surface area contributed by atoms with Gasteiger partial charge in [-0.05, 0) is 25.5 Å². The Kier molecular flexibility index (Phi) is 6.64. The minimum atomic E-state index is -3.52. The van der Waals surface area contributed by atoms with Crippen LogP contribution in [0.25, 0.3) is 0 Å². The van der Waals surface area contributed by atoms with Crippen LogP contribution in [0.3, 0.4) is 0 Å². The van der Waals surface area contributed by atoms with Crippen molar-refractivity contribution >= 4 is 26.5 Å². The highest BCUT2D eigenvalue weighted by atomic mass is 32.2. The predicted octanol–water partition coefficient (Wildman–Crippen LogP) is 1.55. The molecule has 0 radical (unpaired) electrons. The molecule has 0 aromatic heterocycles. The number of benzene rings is 1. The molecule has 2 N–H and O–H groups in total. The maximum absolute atomic E-state index is 12.2. The van der Waals surface area contributed by atoms with Crippen molar-refractivity contribution in [1.29, 1.82) is 0 Å². The molecule has 0 heterocycles. The third-order valence-electron chi connectivity index (χ3n) is 2.61. The number of rotatable bonds is 8. The molecule has 1 aromatic rings. The van der Waals surface area contributed by atoms with Crippen molar-refractivity contribution in [1.82, 2.24) is 4.72 Å². The number of hydrogen-bond acceptors (Lipinski definition) is 4. The molecule has 0 aliphatic heterocycles. The molecule has 7 heteroatoms. The maximum atomic E-state index is 12.2. The van der Waals surface area contributed by atoms with E-state index in [9.17, 15) is 12.6 Å². The first-order chi connectivity index (χ1) is 9.36. The summed E-state index contributed by atoms with van der Waals surface area (Å²) in [5, 5.41) is 3.11. The molecule has 0 spiro atoms. The Hall–Kier alpha value is -0.920. The maximum Gasteiger partial charge on any atom is 0.242 e. The molecule has 0 aliphatic rings. The van der Waals surface area contributed by atoms with Gasteiger partial charge in [-0.15, -0.1) is 0 Å². The lowest BCUT2D eigenvalue weighted by Crippen LogP contribution is -2.27. The van der Waals surface area contributed by atoms with Crippen LogP contribution in [0.1, 0.15) is 20.3 Å². The summed E-state index contributed by atoms with van der Waals surface area (Å²) < 4.78 is 38.2. The molecule has 1 aromatic carbocycles. The van der Waals surface area contributed by atoms with E-state index in [0.29, 0.717) is 18.0 Å². The van der Waals surface area contributed by atoms with E-state index in [2.05, 4.69) is 10.0 Å². The fourth-order valence-electron chi connectivity index (χ4n) is 1.79. The quantitative estimate of drug-likeness (QED) is 0.762. The zero-order chi connectivity index (χ0) is 15.2. The molecule has 0 bridgehead atoms. The van der Waals surface area contributed by atoms with Crippen LogP contribution in [0.4, 0.5) is 5.69 Å². The van der Waals surface area contributed by atoms with Crippen LogP contribution >= 0.6 is 0 Å². The van der Waals surface area contributed by atoms with Gasteiger partial charge < -0.3 is 5.32 Å². The average molecular weight is 318 g/mol. The van der Waals surface area contributed by atoms with Gasteiger partial charge in [0.25, 0.3) is 0 Å². The number of anilines is 1. The van der Waals surface area contributed by atoms with Crippen molar-refractivity contribution in [2.45, 2.75) is 31.2 Å². The van der Waals surface area contributed by atoms with E-state index < -0.39 is 20.8 Å². The molecule has 1 rings (SSSR count). The van der Waals surface area contributed by atoms with Gasteiger partial charge in [-0.1, -0.05) is 19.1 Å². The summed E-state index contributed by atoms with van der Waals surface area (Å²) in [7, 11) is -4.45. The lowest BCUT2D eigenvalue weighted by Gasteiger charge is -2.17. The predicted molar refractivity (Wildman–Crippen MR) is 83.9 cm³/mol. The van der Waals surface area contributed by atoms with Gasteiger partial charge in [-0.3, -0.25) is 4.21 Å². The molecule has 0 fully saturated rings. The van der Waals surface area contributed by atoms with Crippen LogP contribution < -0.4 is 10.0 Å². The van der Waals surface area contributed by atoms with Crippen LogP contribution in [-0.2, 0) is 20.8 Å². The van der Waals surface area contributed by atoms with E-state index in [0.717, 1.165) is 6.42 Å². The highest BCUT2D eigenvalue weighted by Crippen LogP contribution is 2.21. The molecule has 0 amide bonds. The fraction of sp³-hybridized carbons (Fsp3) is 0.538. The van der Waals surface area contributed by atoms with Crippen LogP contribution in [0.15, 0.2) is 29.2 Å². The number of sulfonamides is 1. The van der Waals surface area contributed by atoms with Crippen molar-refractivity contribution in [2.24, 2.45) is 0 Å². The molecule has 0 aliphatic carbocycles. The van der Waals surface area contributed by atoms with Gasteiger partial charge in [0.05, 0.1) is 5.69 Å². The molecular weight excluding hydrogens is 296 g/mol. The van der Waals surface area contributed by atoms with Gasteiger partial charge >= 0.3 is 0 Å². The second-order valence-electron chi connectivity index (χ2n) is 4.68. The summed E-state index contributed by atoms with van der Waals surface area (Å²) in [5.74, 6) is 0.469. The lowest BCUT2D eigenvalue weighted by atomic mass is 10.3. The van der Waals surface area contributed by atoms with Crippen LogP contribution in [0, 0.1) is 0 Å². The monoisotopic (exact) mass is 318 g/mol. The van der Waals surface area contributed by atoms with Crippen LogP contribution in [0.5, 0.6) is 0 Å². The summed E-state index contributed by atoms with van der Waals surface area (Å²) in [5.41, 5.74) is 0.536. The Morgan fingerprint density at radius 1 is 1.30 bits per heavy atom. The third kappa shape index (κ3) is 5.22. The smallest absolute Gasteiger partial charge is 0.242 e. The van der Waals surface area contributed by atoms with E-state index in [4.69, 9.17) is 0 Å². The average Bonchev–Trinajstić information content (AvgIpc) is 2.36. The zero-order valence-corrected chi connectivity index (χ0v) is 13.7. The van der Waals surface area contributed by atoms with Gasteiger partial charge in [0.15, 0.2) is 0 Å². The SMILES string of the molecule is CCCNS(=O)(=O)c1ccccc1NC(C)CS(C)=O. The Morgan fingerprint density at radius 2 is 1.95 bits per heavy atom. The lowest BCUT2D eigenvalue weighted by molar-refractivity contribution is 0.581. The first-order valence-corrected chi connectivity index (χ1v) is 9.73. The third-order valence-corrected chi connectivity index (χ3v) is 5.09. The van der Waals surface area contributed by atoms with Crippen molar-refractivity contribution in [2.75, 3.05) is 23.9 Å².